The van der Waals surface area contributed by atoms with E-state index in [1.807, 2.05) is 0 Å². The minimum absolute atomic E-state index is 0.139. The first-order valence-corrected chi connectivity index (χ1v) is 15.3. The summed E-state index contributed by atoms with van der Waals surface area (Å²) in [4.78, 5) is 7.12. The number of quaternary nitrogens is 2. The number of nitrogens with zero attached hydrogens (tertiary/aromatic N) is 2. The molecule has 0 spiro atoms. The van der Waals surface area contributed by atoms with Crippen molar-refractivity contribution < 1.29 is 18.6 Å². The van der Waals surface area contributed by atoms with E-state index >= 15 is 0 Å². The van der Waals surface area contributed by atoms with E-state index in [1.165, 1.54) is 90.9 Å². The molecule has 5 unspecified atom stereocenters. The van der Waals surface area contributed by atoms with Gasteiger partial charge in [-0.2, -0.15) is 0 Å². The number of nitrogens with one attached hydrogen (secondary N) is 2. The summed E-state index contributed by atoms with van der Waals surface area (Å²) in [6, 6.07) is 0.488. The molecule has 7 nitrogen and oxygen atoms in total. The molecule has 1 aliphatic carbocycles. The molecule has 4 N–H and O–H groups in total. The zero-order valence-corrected chi connectivity index (χ0v) is 20.8. The maximum Gasteiger partial charge on any atom is 0.214 e. The van der Waals surface area contributed by atoms with Crippen molar-refractivity contribution in [2.45, 2.75) is 81.7 Å². The van der Waals surface area contributed by atoms with Crippen LogP contribution in [0.1, 0.15) is 64.2 Å². The minimum atomic E-state index is -3.13. The maximum absolute atomic E-state index is 12.8. The Balaban J connectivity index is 1.06. The summed E-state index contributed by atoms with van der Waals surface area (Å²) in [5.41, 5.74) is 0. The van der Waals surface area contributed by atoms with E-state index in [-0.39, 0.29) is 5.25 Å². The Morgan fingerprint density at radius 1 is 0.938 bits per heavy atom. The van der Waals surface area contributed by atoms with E-state index < -0.39 is 10.0 Å². The van der Waals surface area contributed by atoms with Crippen molar-refractivity contribution in [3.63, 3.8) is 0 Å². The summed E-state index contributed by atoms with van der Waals surface area (Å²) in [7, 11) is -3.13. The Morgan fingerprint density at radius 2 is 1.72 bits per heavy atom. The molecule has 32 heavy (non-hydrogen) atoms. The van der Waals surface area contributed by atoms with Crippen LogP contribution in [0.4, 0.5) is 0 Å². The van der Waals surface area contributed by atoms with Gasteiger partial charge in [0.2, 0.25) is 10.0 Å². The second kappa shape index (κ2) is 10.6. The van der Waals surface area contributed by atoms with Gasteiger partial charge in [-0.1, -0.05) is 19.3 Å². The molecule has 184 valence electrons. The molecule has 0 aromatic carbocycles. The summed E-state index contributed by atoms with van der Waals surface area (Å²) >= 11 is 0. The van der Waals surface area contributed by atoms with Gasteiger partial charge in [-0.25, -0.2) is 13.1 Å². The van der Waals surface area contributed by atoms with Gasteiger partial charge >= 0.3 is 0 Å². The molecule has 0 radical (unpaired) electrons. The van der Waals surface area contributed by atoms with Crippen molar-refractivity contribution in [1.29, 1.82) is 0 Å². The van der Waals surface area contributed by atoms with E-state index in [0.717, 1.165) is 43.7 Å². The van der Waals surface area contributed by atoms with Crippen LogP contribution in [-0.2, 0) is 10.0 Å². The molecule has 5 saturated heterocycles. The smallest absolute Gasteiger partial charge is 0.214 e. The fourth-order valence-corrected chi connectivity index (χ4v) is 9.07. The molecule has 6 rings (SSSR count). The first-order valence-electron chi connectivity index (χ1n) is 13.7. The number of fused-ring (bicyclic) bond motifs is 3. The van der Waals surface area contributed by atoms with Gasteiger partial charge in [-0.05, 0) is 31.6 Å². The van der Waals surface area contributed by atoms with Gasteiger partial charge in [-0.3, -0.25) is 4.90 Å². The number of rotatable bonds is 7. The molecule has 0 aromatic heterocycles. The van der Waals surface area contributed by atoms with Gasteiger partial charge in [0.1, 0.15) is 12.2 Å². The van der Waals surface area contributed by atoms with E-state index in [1.54, 1.807) is 4.90 Å². The number of nitrogens with two attached hydrogens (primary N) is 1. The van der Waals surface area contributed by atoms with Crippen LogP contribution < -0.4 is 14.9 Å². The summed E-state index contributed by atoms with van der Waals surface area (Å²) in [5, 5.41) is 2.43. The highest BCUT2D eigenvalue weighted by Gasteiger charge is 2.44. The number of hydrogen-bond acceptors (Lipinski definition) is 4. The van der Waals surface area contributed by atoms with E-state index in [4.69, 9.17) is 0 Å². The van der Waals surface area contributed by atoms with Crippen LogP contribution in [0.15, 0.2) is 0 Å². The normalized spacial score (nSPS) is 38.2. The van der Waals surface area contributed by atoms with Gasteiger partial charge in [0.05, 0.1) is 31.4 Å². The zero-order valence-electron chi connectivity index (χ0n) is 20.0. The van der Waals surface area contributed by atoms with E-state index in [0.29, 0.717) is 12.6 Å². The van der Waals surface area contributed by atoms with Gasteiger partial charge in [0.15, 0.2) is 0 Å². The second-order valence-electron chi connectivity index (χ2n) is 11.4. The van der Waals surface area contributed by atoms with Crippen LogP contribution in [0.2, 0.25) is 0 Å². The highest BCUT2D eigenvalue weighted by atomic mass is 32.2. The van der Waals surface area contributed by atoms with Gasteiger partial charge in [-0.15, -0.1) is 0 Å². The third-order valence-corrected chi connectivity index (χ3v) is 11.4. The van der Waals surface area contributed by atoms with Crippen molar-refractivity contribution in [2.24, 2.45) is 11.8 Å². The van der Waals surface area contributed by atoms with Crippen molar-refractivity contribution in [3.05, 3.63) is 0 Å². The highest BCUT2D eigenvalue weighted by Crippen LogP contribution is 2.28. The second-order valence-corrected chi connectivity index (χ2v) is 13.5. The molecule has 5 aliphatic heterocycles. The van der Waals surface area contributed by atoms with Crippen LogP contribution in [0.3, 0.4) is 0 Å². The fourth-order valence-electron chi connectivity index (χ4n) is 7.44. The molecule has 5 atom stereocenters. The minimum Gasteiger partial charge on any atom is -0.331 e. The Bertz CT molecular complexity index is 699. The summed E-state index contributed by atoms with van der Waals surface area (Å²) in [6.45, 7) is 10.7. The topological polar surface area (TPSA) is 73.7 Å². The average Bonchev–Trinajstić information content (AvgIpc) is 2.85. The first-order chi connectivity index (χ1) is 15.6. The maximum atomic E-state index is 12.8. The lowest BCUT2D eigenvalue weighted by Crippen LogP contribution is -3.20. The molecule has 6 aliphatic rings. The van der Waals surface area contributed by atoms with Crippen molar-refractivity contribution >= 4 is 10.0 Å². The van der Waals surface area contributed by atoms with Crippen LogP contribution in [-0.4, -0.2) is 94.6 Å². The van der Waals surface area contributed by atoms with Crippen LogP contribution >= 0.6 is 0 Å². The van der Waals surface area contributed by atoms with Crippen LogP contribution in [0.25, 0.3) is 0 Å². The number of hydrogen-bond donors (Lipinski definition) is 3. The summed E-state index contributed by atoms with van der Waals surface area (Å²) < 4.78 is 28.6. The fraction of sp³-hybridized carbons (Fsp3) is 1.00. The number of sulfonamides is 1. The lowest BCUT2D eigenvalue weighted by molar-refractivity contribution is -0.945. The predicted octanol–water partition coefficient (Wildman–Crippen LogP) is -0.777. The largest absolute Gasteiger partial charge is 0.331 e. The van der Waals surface area contributed by atoms with E-state index in [9.17, 15) is 8.42 Å². The first kappa shape index (κ1) is 23.5. The highest BCUT2D eigenvalue weighted by molar-refractivity contribution is 7.90. The third kappa shape index (κ3) is 5.52. The SMILES string of the molecule is O=S(=O)(NCC1CC2CC[NH+]1CC2CN1CCN(C2CCCC[NH2+]2)CC1)C1CCCCC1. The van der Waals surface area contributed by atoms with Crippen molar-refractivity contribution in [1.82, 2.24) is 14.5 Å². The Kier molecular flexibility index (Phi) is 7.76. The average molecular weight is 470 g/mol. The Morgan fingerprint density at radius 3 is 2.41 bits per heavy atom. The lowest BCUT2D eigenvalue weighted by Gasteiger charge is -2.49. The lowest BCUT2D eigenvalue weighted by atomic mass is 9.75. The summed E-state index contributed by atoms with van der Waals surface area (Å²) in [5.74, 6) is 1.60. The molecule has 1 saturated carbocycles. The molecular weight excluding hydrogens is 422 g/mol. The van der Waals surface area contributed by atoms with Gasteiger partial charge < -0.3 is 15.1 Å². The van der Waals surface area contributed by atoms with Crippen molar-refractivity contribution in [3.8, 4) is 0 Å². The van der Waals surface area contributed by atoms with Crippen molar-refractivity contribution in [2.75, 3.05) is 58.9 Å². The van der Waals surface area contributed by atoms with Gasteiger partial charge in [0, 0.05) is 57.9 Å². The summed E-state index contributed by atoms with van der Waals surface area (Å²) in [6.07, 6.45) is 12.5. The molecule has 2 bridgehead atoms. The number of piperazine rings is 1. The molecule has 8 heteroatoms. The predicted molar refractivity (Wildman–Crippen MR) is 127 cm³/mol. The Hall–Kier alpha value is -0.250. The Labute approximate surface area is 195 Å². The molecule has 0 aromatic rings. The zero-order chi connectivity index (χ0) is 22.0. The monoisotopic (exact) mass is 469 g/mol. The molecule has 0 amide bonds. The molecule has 5 heterocycles. The van der Waals surface area contributed by atoms with Crippen LogP contribution in [0, 0.1) is 11.8 Å². The molecular formula is C24H47N5O2S+2. The number of piperidine rings is 4. The third-order valence-electron chi connectivity index (χ3n) is 9.48. The van der Waals surface area contributed by atoms with Gasteiger partial charge in [0.25, 0.3) is 0 Å². The van der Waals surface area contributed by atoms with E-state index in [2.05, 4.69) is 19.8 Å². The van der Waals surface area contributed by atoms with Crippen LogP contribution in [0.5, 0.6) is 0 Å². The standard InChI is InChI=1S/C24H45N5O2S/c30-32(31,23-6-2-1-3-7-23)26-17-22-16-20-9-11-29(22)19-21(20)18-27-12-14-28(15-13-27)24-8-4-5-10-25-24/h20-26H,1-19H2/p+2. The quantitative estimate of drug-likeness (QED) is 0.458. The molecule has 6 fully saturated rings.